The summed E-state index contributed by atoms with van der Waals surface area (Å²) in [6.07, 6.45) is 2.50. The van der Waals surface area contributed by atoms with E-state index in [1.165, 1.54) is 0 Å². The van der Waals surface area contributed by atoms with Crippen LogP contribution in [-0.2, 0) is 32.1 Å². The van der Waals surface area contributed by atoms with Gasteiger partial charge < -0.3 is 20.4 Å². The first-order valence-electron chi connectivity index (χ1n) is 17.0. The quantitative estimate of drug-likeness (QED) is 0.119. The summed E-state index contributed by atoms with van der Waals surface area (Å²) in [4.78, 5) is 0. The van der Waals surface area contributed by atoms with Gasteiger partial charge >= 0.3 is 0 Å². The number of aromatic hydroxyl groups is 4. The van der Waals surface area contributed by atoms with Gasteiger partial charge in [-0.05, 0) is 131 Å². The maximum absolute atomic E-state index is 11.9. The fourth-order valence-corrected chi connectivity index (χ4v) is 6.97. The van der Waals surface area contributed by atoms with Gasteiger partial charge in [0, 0.05) is 12.8 Å². The van der Waals surface area contributed by atoms with Gasteiger partial charge in [-0.2, -0.15) is 0 Å². The minimum Gasteiger partial charge on any atom is -0.507 e. The van der Waals surface area contributed by atoms with Crippen LogP contribution >= 0.6 is 0 Å². The highest BCUT2D eigenvalue weighted by molar-refractivity contribution is 5.70. The number of benzene rings is 6. The van der Waals surface area contributed by atoms with Gasteiger partial charge in [-0.15, -0.1) is 0 Å². The molecule has 4 N–H and O–H groups in total. The molecule has 0 aliphatic carbocycles. The zero-order valence-electron chi connectivity index (χ0n) is 28.7. The third-order valence-electron chi connectivity index (χ3n) is 9.49. The summed E-state index contributed by atoms with van der Waals surface area (Å²) in [6, 6.07) is 36.2. The summed E-state index contributed by atoms with van der Waals surface area (Å²) in [5.41, 5.74) is 12.4. The van der Waals surface area contributed by atoms with Crippen LogP contribution in [0.1, 0.15) is 62.6 Å². The Morgan fingerprint density at radius 2 is 0.755 bits per heavy atom. The lowest BCUT2D eigenvalue weighted by atomic mass is 9.89. The second kappa shape index (κ2) is 14.3. The first kappa shape index (κ1) is 33.4. The van der Waals surface area contributed by atoms with Crippen LogP contribution in [0, 0.1) is 20.8 Å². The van der Waals surface area contributed by atoms with Gasteiger partial charge in [-0.3, -0.25) is 0 Å². The van der Waals surface area contributed by atoms with Gasteiger partial charge in [0.25, 0.3) is 0 Å². The lowest BCUT2D eigenvalue weighted by molar-refractivity contribution is 0.452. The molecule has 4 nitrogen and oxygen atoms in total. The zero-order valence-corrected chi connectivity index (χ0v) is 28.7. The van der Waals surface area contributed by atoms with Gasteiger partial charge in [0.1, 0.15) is 23.0 Å². The van der Waals surface area contributed by atoms with Crippen LogP contribution in [0.5, 0.6) is 23.0 Å². The maximum Gasteiger partial charge on any atom is 0.122 e. The number of hydrogen-bond donors (Lipinski definition) is 4. The molecule has 0 spiro atoms. The van der Waals surface area contributed by atoms with E-state index < -0.39 is 0 Å². The van der Waals surface area contributed by atoms with Crippen molar-refractivity contribution in [2.24, 2.45) is 0 Å². The van der Waals surface area contributed by atoms with E-state index in [1.807, 2.05) is 125 Å². The van der Waals surface area contributed by atoms with Crippen molar-refractivity contribution in [3.05, 3.63) is 165 Å². The molecule has 6 aromatic carbocycles. The lowest BCUT2D eigenvalue weighted by Gasteiger charge is -2.18. The molecule has 0 unspecified atom stereocenters. The molecule has 0 aromatic heterocycles. The molecular weight excluding hydrogens is 604 g/mol. The van der Waals surface area contributed by atoms with E-state index in [-0.39, 0.29) is 17.2 Å². The highest BCUT2D eigenvalue weighted by atomic mass is 16.3. The van der Waals surface area contributed by atoms with Crippen LogP contribution < -0.4 is 0 Å². The highest BCUT2D eigenvalue weighted by Gasteiger charge is 2.19. The smallest absolute Gasteiger partial charge is 0.122 e. The third-order valence-corrected chi connectivity index (χ3v) is 9.49. The van der Waals surface area contributed by atoms with Crippen LogP contribution in [0.25, 0.3) is 22.3 Å². The third kappa shape index (κ3) is 7.34. The normalized spacial score (nSPS) is 11.2. The van der Waals surface area contributed by atoms with Gasteiger partial charge in [0.05, 0.1) is 0 Å². The number of phenolic OH excluding ortho intramolecular Hbond substituents is 4. The highest BCUT2D eigenvalue weighted by Crippen LogP contribution is 2.39. The molecule has 6 aromatic rings. The predicted octanol–water partition coefficient (Wildman–Crippen LogP) is 10.3. The zero-order chi connectivity index (χ0) is 34.7. The van der Waals surface area contributed by atoms with Crippen LogP contribution in [-0.4, -0.2) is 20.4 Å². The molecular formula is C45H44O4. The van der Waals surface area contributed by atoms with E-state index in [0.29, 0.717) is 49.0 Å². The Bertz CT molecular complexity index is 2110. The minimum absolute atomic E-state index is 0.157. The molecule has 0 bridgehead atoms. The average molecular weight is 649 g/mol. The van der Waals surface area contributed by atoms with E-state index >= 15 is 0 Å². The number of phenols is 4. The van der Waals surface area contributed by atoms with Gasteiger partial charge in [-0.1, -0.05) is 103 Å². The van der Waals surface area contributed by atoms with Crippen molar-refractivity contribution in [3.63, 3.8) is 0 Å². The van der Waals surface area contributed by atoms with Crippen molar-refractivity contribution in [2.75, 3.05) is 0 Å². The Morgan fingerprint density at radius 1 is 0.388 bits per heavy atom. The summed E-state index contributed by atoms with van der Waals surface area (Å²) >= 11 is 0. The molecule has 0 saturated carbocycles. The van der Waals surface area contributed by atoms with Crippen molar-refractivity contribution >= 4 is 0 Å². The molecule has 0 fully saturated rings. The molecule has 0 radical (unpaired) electrons. The molecule has 49 heavy (non-hydrogen) atoms. The molecule has 0 atom stereocenters. The average Bonchev–Trinajstić information content (AvgIpc) is 3.10. The van der Waals surface area contributed by atoms with Crippen molar-refractivity contribution in [3.8, 4) is 45.3 Å². The molecule has 0 saturated heterocycles. The van der Waals surface area contributed by atoms with Crippen molar-refractivity contribution < 1.29 is 20.4 Å². The van der Waals surface area contributed by atoms with Crippen molar-refractivity contribution in [1.82, 2.24) is 0 Å². The number of aryl methyl sites for hydroxylation is 6. The molecule has 0 aliphatic rings. The second-order valence-corrected chi connectivity index (χ2v) is 13.2. The Morgan fingerprint density at radius 3 is 1.24 bits per heavy atom. The molecule has 0 amide bonds. The Balaban J connectivity index is 1.39. The van der Waals surface area contributed by atoms with E-state index in [9.17, 15) is 20.4 Å². The topological polar surface area (TPSA) is 80.9 Å². The SMILES string of the molecule is CCc1cc(-c2ccccc2)cc(Cc2cc(-c3ccccc3)cc(Cc3cc(C)cc(CCc4cc(C)cc(C)c4O)c3O)c2O)c1O. The van der Waals surface area contributed by atoms with Crippen molar-refractivity contribution in [1.29, 1.82) is 0 Å². The second-order valence-electron chi connectivity index (χ2n) is 13.2. The first-order valence-corrected chi connectivity index (χ1v) is 17.0. The maximum atomic E-state index is 11.9. The fraction of sp³-hybridized carbons (Fsp3) is 0.200. The van der Waals surface area contributed by atoms with Crippen LogP contribution in [0.4, 0.5) is 0 Å². The number of hydrogen-bond acceptors (Lipinski definition) is 4. The minimum atomic E-state index is 0.157. The molecule has 0 aliphatic heterocycles. The van der Waals surface area contributed by atoms with Crippen LogP contribution in [0.3, 0.4) is 0 Å². The van der Waals surface area contributed by atoms with E-state index in [0.717, 1.165) is 66.8 Å². The van der Waals surface area contributed by atoms with Crippen molar-refractivity contribution in [2.45, 2.75) is 59.8 Å². The Kier molecular flexibility index (Phi) is 9.77. The summed E-state index contributed by atoms with van der Waals surface area (Å²) in [5, 5.41) is 45.4. The largest absolute Gasteiger partial charge is 0.507 e. The summed E-state index contributed by atoms with van der Waals surface area (Å²) in [7, 11) is 0. The summed E-state index contributed by atoms with van der Waals surface area (Å²) in [5.74, 6) is 0.926. The lowest BCUT2D eigenvalue weighted by Crippen LogP contribution is -2.01. The molecule has 248 valence electrons. The molecule has 4 heteroatoms. The van der Waals surface area contributed by atoms with Gasteiger partial charge in [0.2, 0.25) is 0 Å². The van der Waals surface area contributed by atoms with Crippen LogP contribution in [0.2, 0.25) is 0 Å². The number of rotatable bonds is 10. The molecule has 0 heterocycles. The van der Waals surface area contributed by atoms with E-state index in [1.54, 1.807) is 0 Å². The van der Waals surface area contributed by atoms with E-state index in [2.05, 4.69) is 12.1 Å². The van der Waals surface area contributed by atoms with E-state index in [4.69, 9.17) is 0 Å². The van der Waals surface area contributed by atoms with Gasteiger partial charge in [0.15, 0.2) is 0 Å². The van der Waals surface area contributed by atoms with Gasteiger partial charge in [-0.25, -0.2) is 0 Å². The first-order chi connectivity index (χ1) is 23.6. The standard InChI is InChI=1S/C45H44O4/c1-5-31-22-36(32-12-8-6-9-13-32)23-39(43(31)47)27-41-25-37(33-14-10-7-11-15-33)24-40(45(41)49)26-38-21-29(3)20-35(44(38)48)17-16-34-19-28(2)18-30(4)42(34)46/h6-15,18-25,46-49H,5,16-17,26-27H2,1-4H3. The summed E-state index contributed by atoms with van der Waals surface area (Å²) < 4.78 is 0. The Labute approximate surface area is 289 Å². The fourth-order valence-electron chi connectivity index (χ4n) is 6.97. The monoisotopic (exact) mass is 648 g/mol. The predicted molar refractivity (Wildman–Crippen MR) is 200 cm³/mol. The van der Waals surface area contributed by atoms with Crippen LogP contribution in [0.15, 0.2) is 109 Å². The molecule has 6 rings (SSSR count). The Hall–Kier alpha value is -5.48. The summed E-state index contributed by atoms with van der Waals surface area (Å²) in [6.45, 7) is 7.97.